The molecule has 0 atom stereocenters. The molecule has 3 aromatic rings. The van der Waals surface area contributed by atoms with Crippen LogP contribution in [-0.4, -0.2) is 33.9 Å². The first kappa shape index (κ1) is 13.7. The number of nitrogens with one attached hydrogen (secondary N) is 2. The van der Waals surface area contributed by atoms with E-state index >= 15 is 0 Å². The van der Waals surface area contributed by atoms with Crippen LogP contribution in [0.4, 0.5) is 0 Å². The molecule has 0 fully saturated rings. The van der Waals surface area contributed by atoms with E-state index in [1.807, 2.05) is 0 Å². The molecule has 1 aliphatic rings. The predicted molar refractivity (Wildman–Crippen MR) is 82.7 cm³/mol. The second-order valence-corrected chi connectivity index (χ2v) is 5.37. The summed E-state index contributed by atoms with van der Waals surface area (Å²) < 4.78 is 5.22. The molecule has 0 spiro atoms. The smallest absolute Gasteiger partial charge is 0.259 e. The normalized spacial score (nSPS) is 13.3. The van der Waals surface area contributed by atoms with Gasteiger partial charge in [-0.25, -0.2) is 9.97 Å². The van der Waals surface area contributed by atoms with E-state index < -0.39 is 11.8 Å². The van der Waals surface area contributed by atoms with Crippen molar-refractivity contribution in [1.29, 1.82) is 0 Å². The van der Waals surface area contributed by atoms with Gasteiger partial charge in [-0.2, -0.15) is 0 Å². The third-order valence-electron chi connectivity index (χ3n) is 3.63. The summed E-state index contributed by atoms with van der Waals surface area (Å²) in [7, 11) is 1.49. The third kappa shape index (κ3) is 1.97. The number of imide groups is 1. The summed E-state index contributed by atoms with van der Waals surface area (Å²) in [6, 6.07) is 4.79. The van der Waals surface area contributed by atoms with Crippen LogP contribution in [-0.2, 0) is 0 Å². The minimum absolute atomic E-state index is 0.310. The molecule has 7 nitrogen and oxygen atoms in total. The van der Waals surface area contributed by atoms with E-state index in [0.29, 0.717) is 44.5 Å². The van der Waals surface area contributed by atoms with E-state index in [9.17, 15) is 9.59 Å². The number of halogens is 1. The highest BCUT2D eigenvalue weighted by molar-refractivity contribution is 6.33. The Morgan fingerprint density at radius 3 is 2.65 bits per heavy atom. The summed E-state index contributed by atoms with van der Waals surface area (Å²) in [6.45, 7) is 0. The molecule has 0 aliphatic carbocycles. The van der Waals surface area contributed by atoms with Gasteiger partial charge in [0.05, 0.1) is 39.9 Å². The van der Waals surface area contributed by atoms with Gasteiger partial charge in [0.15, 0.2) is 0 Å². The molecule has 4 rings (SSSR count). The van der Waals surface area contributed by atoms with Crippen molar-refractivity contribution in [2.45, 2.75) is 0 Å². The number of aromatic amines is 1. The molecule has 8 heteroatoms. The number of carbonyl (C=O) groups is 2. The van der Waals surface area contributed by atoms with E-state index in [-0.39, 0.29) is 0 Å². The number of benzene rings is 1. The molecule has 3 heterocycles. The highest BCUT2D eigenvalue weighted by Gasteiger charge is 2.28. The zero-order chi connectivity index (χ0) is 16.1. The quantitative estimate of drug-likeness (QED) is 0.703. The van der Waals surface area contributed by atoms with Crippen LogP contribution in [0.3, 0.4) is 0 Å². The summed E-state index contributed by atoms with van der Waals surface area (Å²) in [6.07, 6.45) is 1.53. The topological polar surface area (TPSA) is 97.0 Å². The largest absolute Gasteiger partial charge is 0.480 e. The Labute approximate surface area is 134 Å². The number of imidazole rings is 1. The van der Waals surface area contributed by atoms with E-state index in [2.05, 4.69) is 20.3 Å². The maximum atomic E-state index is 11.7. The molecule has 2 aromatic heterocycles. The summed E-state index contributed by atoms with van der Waals surface area (Å²) >= 11 is 6.22. The number of ether oxygens (including phenoxy) is 1. The molecule has 2 amide bonds. The molecule has 0 bridgehead atoms. The number of methoxy groups -OCH3 is 1. The second kappa shape index (κ2) is 4.79. The van der Waals surface area contributed by atoms with Crippen LogP contribution in [0, 0.1) is 0 Å². The first-order valence-electron chi connectivity index (χ1n) is 6.67. The van der Waals surface area contributed by atoms with Crippen LogP contribution >= 0.6 is 11.6 Å². The van der Waals surface area contributed by atoms with Gasteiger partial charge in [0.25, 0.3) is 11.8 Å². The van der Waals surface area contributed by atoms with Gasteiger partial charge >= 0.3 is 0 Å². The first-order valence-corrected chi connectivity index (χ1v) is 7.04. The van der Waals surface area contributed by atoms with E-state index in [1.54, 1.807) is 18.2 Å². The standard InChI is InChI=1S/C15H9ClN4O3/c1-23-15-11(8(16)2-3-17-15)12-18-9-4-6-7(5-10(9)19-12)14(22)20-13(6)21/h2-5H,1H3,(H,18,19)(H,20,21,22). The maximum Gasteiger partial charge on any atom is 0.259 e. The van der Waals surface area contributed by atoms with Gasteiger partial charge in [0.1, 0.15) is 5.82 Å². The molecule has 114 valence electrons. The average Bonchev–Trinajstić information content (AvgIpc) is 3.06. The number of aromatic nitrogens is 3. The van der Waals surface area contributed by atoms with Gasteiger partial charge in [-0.05, 0) is 18.2 Å². The minimum Gasteiger partial charge on any atom is -0.480 e. The van der Waals surface area contributed by atoms with Crippen molar-refractivity contribution >= 4 is 34.4 Å². The molecule has 0 radical (unpaired) electrons. The van der Waals surface area contributed by atoms with Crippen molar-refractivity contribution in [3.8, 4) is 17.3 Å². The molecule has 0 saturated heterocycles. The Kier molecular flexibility index (Phi) is 2.85. The van der Waals surface area contributed by atoms with Crippen LogP contribution in [0.25, 0.3) is 22.4 Å². The van der Waals surface area contributed by atoms with Crippen LogP contribution in [0.5, 0.6) is 5.88 Å². The first-order chi connectivity index (χ1) is 11.1. The fraction of sp³-hybridized carbons (Fsp3) is 0.0667. The van der Waals surface area contributed by atoms with Gasteiger partial charge in [-0.3, -0.25) is 14.9 Å². The number of rotatable bonds is 2. The van der Waals surface area contributed by atoms with Crippen molar-refractivity contribution in [2.24, 2.45) is 0 Å². The number of fused-ring (bicyclic) bond motifs is 2. The van der Waals surface area contributed by atoms with Crippen molar-refractivity contribution < 1.29 is 14.3 Å². The van der Waals surface area contributed by atoms with Gasteiger partial charge in [0.2, 0.25) is 5.88 Å². The van der Waals surface area contributed by atoms with Crippen molar-refractivity contribution in [1.82, 2.24) is 20.3 Å². The van der Waals surface area contributed by atoms with Crippen molar-refractivity contribution in [3.63, 3.8) is 0 Å². The second-order valence-electron chi connectivity index (χ2n) is 4.96. The fourth-order valence-electron chi connectivity index (χ4n) is 2.58. The Morgan fingerprint density at radius 1 is 1.17 bits per heavy atom. The Balaban J connectivity index is 1.95. The van der Waals surface area contributed by atoms with E-state index in [0.717, 1.165) is 0 Å². The number of nitrogens with zero attached hydrogens (tertiary/aromatic N) is 2. The monoisotopic (exact) mass is 328 g/mol. The predicted octanol–water partition coefficient (Wildman–Crippen LogP) is 2.17. The van der Waals surface area contributed by atoms with E-state index in [1.165, 1.54) is 13.3 Å². The lowest BCUT2D eigenvalue weighted by Crippen LogP contribution is -2.19. The SMILES string of the molecule is COc1nccc(Cl)c1-c1nc2cc3c(cc2[nH]1)C(=O)NC3=O. The molecule has 0 saturated carbocycles. The fourth-order valence-corrected chi connectivity index (χ4v) is 2.81. The van der Waals surface area contributed by atoms with Crippen LogP contribution in [0.1, 0.15) is 20.7 Å². The van der Waals surface area contributed by atoms with Crippen molar-refractivity contribution in [3.05, 3.63) is 40.5 Å². The van der Waals surface area contributed by atoms with Crippen molar-refractivity contribution in [2.75, 3.05) is 7.11 Å². The Hall–Kier alpha value is -2.93. The molecular weight excluding hydrogens is 320 g/mol. The summed E-state index contributed by atoms with van der Waals surface area (Å²) in [5.74, 6) is -0.0575. The Morgan fingerprint density at radius 2 is 1.91 bits per heavy atom. The summed E-state index contributed by atoms with van der Waals surface area (Å²) in [4.78, 5) is 35.1. The molecule has 1 aliphatic heterocycles. The third-order valence-corrected chi connectivity index (χ3v) is 3.95. The molecular formula is C15H9ClN4O3. The number of hydrogen-bond acceptors (Lipinski definition) is 5. The lowest BCUT2D eigenvalue weighted by atomic mass is 10.1. The van der Waals surface area contributed by atoms with Gasteiger partial charge in [0, 0.05) is 6.20 Å². The Bertz CT molecular complexity index is 945. The number of carbonyl (C=O) groups excluding carboxylic acids is 2. The number of pyridine rings is 1. The van der Waals surface area contributed by atoms with Gasteiger partial charge < -0.3 is 9.72 Å². The summed E-state index contributed by atoms with van der Waals surface area (Å²) in [5.41, 5.74) is 2.31. The molecule has 1 aromatic carbocycles. The van der Waals surface area contributed by atoms with Gasteiger partial charge in [-0.15, -0.1) is 0 Å². The minimum atomic E-state index is -0.423. The number of hydrogen-bond donors (Lipinski definition) is 2. The number of H-pyrrole nitrogens is 1. The highest BCUT2D eigenvalue weighted by Crippen LogP contribution is 2.34. The van der Waals surface area contributed by atoms with Gasteiger partial charge in [-0.1, -0.05) is 11.6 Å². The number of amides is 2. The molecule has 0 unspecified atom stereocenters. The summed E-state index contributed by atoms with van der Waals surface area (Å²) in [5, 5.41) is 2.68. The van der Waals surface area contributed by atoms with E-state index in [4.69, 9.17) is 16.3 Å². The highest BCUT2D eigenvalue weighted by atomic mass is 35.5. The zero-order valence-corrected chi connectivity index (χ0v) is 12.6. The van der Waals surface area contributed by atoms with Crippen LogP contribution in [0.2, 0.25) is 5.02 Å². The van der Waals surface area contributed by atoms with Crippen LogP contribution < -0.4 is 10.1 Å². The average molecular weight is 329 g/mol. The molecule has 2 N–H and O–H groups in total. The maximum absolute atomic E-state index is 11.7. The lowest BCUT2D eigenvalue weighted by Gasteiger charge is -2.05. The molecule has 23 heavy (non-hydrogen) atoms. The lowest BCUT2D eigenvalue weighted by molar-refractivity contribution is 0.0879. The van der Waals surface area contributed by atoms with Crippen LogP contribution in [0.15, 0.2) is 24.4 Å². The zero-order valence-electron chi connectivity index (χ0n) is 11.8.